The van der Waals surface area contributed by atoms with Gasteiger partial charge < -0.3 is 15.0 Å². The van der Waals surface area contributed by atoms with Gasteiger partial charge in [-0.25, -0.2) is 4.98 Å². The first kappa shape index (κ1) is 17.4. The number of aromatic nitrogens is 1. The van der Waals surface area contributed by atoms with Gasteiger partial charge in [0.25, 0.3) is 0 Å². The van der Waals surface area contributed by atoms with Crippen molar-refractivity contribution in [2.75, 3.05) is 32.1 Å². The van der Waals surface area contributed by atoms with Gasteiger partial charge in [-0.3, -0.25) is 0 Å². The molecule has 0 unspecified atom stereocenters. The Hall–Kier alpha value is -0.650. The average Bonchev–Trinajstić information content (AvgIpc) is 2.83. The normalized spacial score (nSPS) is 11.0. The minimum absolute atomic E-state index is 0.600. The lowest BCUT2D eigenvalue weighted by Gasteiger charge is -2.14. The van der Waals surface area contributed by atoms with Crippen LogP contribution in [0, 0.1) is 0 Å². The van der Waals surface area contributed by atoms with Gasteiger partial charge >= 0.3 is 0 Å². The largest absolute Gasteiger partial charge is 0.378 e. The zero-order valence-electron chi connectivity index (χ0n) is 13.4. The Labute approximate surface area is 127 Å². The van der Waals surface area contributed by atoms with E-state index in [0.29, 0.717) is 6.61 Å². The molecule has 0 fully saturated rings. The van der Waals surface area contributed by atoms with Crippen molar-refractivity contribution in [2.24, 2.45) is 0 Å². The number of hydrogen-bond acceptors (Lipinski definition) is 5. The van der Waals surface area contributed by atoms with E-state index in [1.807, 2.05) is 0 Å². The van der Waals surface area contributed by atoms with E-state index in [2.05, 4.69) is 31.1 Å². The van der Waals surface area contributed by atoms with Gasteiger partial charge in [0.2, 0.25) is 0 Å². The van der Waals surface area contributed by atoms with Crippen LogP contribution in [0.15, 0.2) is 0 Å². The quantitative estimate of drug-likeness (QED) is 0.635. The van der Waals surface area contributed by atoms with Crippen LogP contribution < -0.4 is 10.2 Å². The monoisotopic (exact) mass is 299 g/mol. The maximum Gasteiger partial charge on any atom is 0.185 e. The minimum atomic E-state index is 0.600. The first-order valence-corrected chi connectivity index (χ1v) is 8.43. The van der Waals surface area contributed by atoms with Crippen molar-refractivity contribution < 1.29 is 4.74 Å². The van der Waals surface area contributed by atoms with E-state index in [9.17, 15) is 0 Å². The molecule has 0 aliphatic heterocycles. The van der Waals surface area contributed by atoms with E-state index >= 15 is 0 Å². The van der Waals surface area contributed by atoms with Crippen LogP contribution >= 0.6 is 11.3 Å². The van der Waals surface area contributed by atoms with Crippen molar-refractivity contribution in [3.05, 3.63) is 10.6 Å². The Kier molecular flexibility index (Phi) is 8.82. The molecule has 1 heterocycles. The Morgan fingerprint density at radius 2 is 2.05 bits per heavy atom. The molecule has 1 aromatic rings. The summed E-state index contributed by atoms with van der Waals surface area (Å²) in [5, 5.41) is 4.56. The number of hydrogen-bond donors (Lipinski definition) is 1. The molecule has 0 aliphatic rings. The standard InChI is InChI=1S/C15H29N3OS/c1-5-7-8-10-18(3)15-17-13(12-19-4)14(20-15)11-16-9-6-2/h16H,5-12H2,1-4H3. The molecule has 0 aromatic carbocycles. The molecule has 0 saturated carbocycles. The summed E-state index contributed by atoms with van der Waals surface area (Å²) in [6.45, 7) is 8.04. The van der Waals surface area contributed by atoms with Gasteiger partial charge in [-0.1, -0.05) is 26.7 Å². The molecule has 5 heteroatoms. The van der Waals surface area contributed by atoms with Gasteiger partial charge in [0, 0.05) is 32.1 Å². The highest BCUT2D eigenvalue weighted by molar-refractivity contribution is 7.15. The Morgan fingerprint density at radius 3 is 2.70 bits per heavy atom. The molecule has 20 heavy (non-hydrogen) atoms. The smallest absolute Gasteiger partial charge is 0.185 e. The third-order valence-corrected chi connectivity index (χ3v) is 4.40. The van der Waals surface area contributed by atoms with Gasteiger partial charge in [-0.15, -0.1) is 11.3 Å². The third-order valence-electron chi connectivity index (χ3n) is 3.18. The van der Waals surface area contributed by atoms with Crippen LogP contribution in [0.3, 0.4) is 0 Å². The second-order valence-electron chi connectivity index (χ2n) is 5.10. The number of rotatable bonds is 11. The van der Waals surface area contributed by atoms with Gasteiger partial charge in [-0.2, -0.15) is 0 Å². The summed E-state index contributed by atoms with van der Waals surface area (Å²) in [6.07, 6.45) is 4.93. The molecular formula is C15H29N3OS. The molecule has 0 aliphatic carbocycles. The maximum absolute atomic E-state index is 5.26. The number of unbranched alkanes of at least 4 members (excludes halogenated alkanes) is 2. The lowest BCUT2D eigenvalue weighted by molar-refractivity contribution is 0.181. The first-order chi connectivity index (χ1) is 9.72. The molecule has 1 aromatic heterocycles. The molecule has 1 N–H and O–H groups in total. The molecule has 0 atom stereocenters. The van der Waals surface area contributed by atoms with Crippen LogP contribution in [0.25, 0.3) is 0 Å². The highest BCUT2D eigenvalue weighted by Crippen LogP contribution is 2.26. The highest BCUT2D eigenvalue weighted by Gasteiger charge is 2.13. The van der Waals surface area contributed by atoms with Gasteiger partial charge in [0.1, 0.15) is 0 Å². The second kappa shape index (κ2) is 10.1. The van der Waals surface area contributed by atoms with Crippen molar-refractivity contribution in [2.45, 2.75) is 52.7 Å². The summed E-state index contributed by atoms with van der Waals surface area (Å²) in [6, 6.07) is 0. The summed E-state index contributed by atoms with van der Waals surface area (Å²) >= 11 is 1.79. The van der Waals surface area contributed by atoms with Crippen molar-refractivity contribution in [3.8, 4) is 0 Å². The summed E-state index contributed by atoms with van der Waals surface area (Å²) in [4.78, 5) is 8.31. The summed E-state index contributed by atoms with van der Waals surface area (Å²) in [5.74, 6) is 0. The molecular weight excluding hydrogens is 270 g/mol. The molecule has 4 nitrogen and oxygen atoms in total. The first-order valence-electron chi connectivity index (χ1n) is 7.62. The number of thiazole rings is 1. The average molecular weight is 299 g/mol. The fourth-order valence-electron chi connectivity index (χ4n) is 1.99. The molecule has 0 radical (unpaired) electrons. The maximum atomic E-state index is 5.26. The SMILES string of the molecule is CCCCCN(C)c1nc(COC)c(CNCCC)s1. The topological polar surface area (TPSA) is 37.4 Å². The van der Waals surface area contributed by atoms with Crippen molar-refractivity contribution in [1.82, 2.24) is 10.3 Å². The predicted octanol–water partition coefficient (Wildman–Crippen LogP) is 3.42. The fraction of sp³-hybridized carbons (Fsp3) is 0.800. The van der Waals surface area contributed by atoms with Gasteiger partial charge in [0.15, 0.2) is 5.13 Å². The van der Waals surface area contributed by atoms with E-state index in [1.54, 1.807) is 18.4 Å². The van der Waals surface area contributed by atoms with Crippen LogP contribution in [-0.2, 0) is 17.9 Å². The van der Waals surface area contributed by atoms with E-state index in [0.717, 1.165) is 36.9 Å². The van der Waals surface area contributed by atoms with Crippen LogP contribution in [0.4, 0.5) is 5.13 Å². The van der Waals surface area contributed by atoms with Crippen LogP contribution in [-0.4, -0.2) is 32.2 Å². The molecule has 116 valence electrons. The minimum Gasteiger partial charge on any atom is -0.378 e. The van der Waals surface area contributed by atoms with Gasteiger partial charge in [0.05, 0.1) is 12.3 Å². The lowest BCUT2D eigenvalue weighted by atomic mass is 10.2. The zero-order valence-corrected chi connectivity index (χ0v) is 14.2. The van der Waals surface area contributed by atoms with E-state index in [4.69, 9.17) is 9.72 Å². The summed E-state index contributed by atoms with van der Waals surface area (Å²) in [7, 11) is 3.86. The fourth-order valence-corrected chi connectivity index (χ4v) is 3.01. The Bertz CT molecular complexity index is 368. The van der Waals surface area contributed by atoms with Gasteiger partial charge in [-0.05, 0) is 19.4 Å². The molecule has 1 rings (SSSR count). The van der Waals surface area contributed by atoms with E-state index in [1.165, 1.54) is 24.1 Å². The number of ether oxygens (including phenoxy) is 1. The zero-order chi connectivity index (χ0) is 14.8. The van der Waals surface area contributed by atoms with Crippen LogP contribution in [0.2, 0.25) is 0 Å². The Morgan fingerprint density at radius 1 is 1.25 bits per heavy atom. The number of nitrogens with one attached hydrogen (secondary N) is 1. The van der Waals surface area contributed by atoms with E-state index < -0.39 is 0 Å². The molecule has 0 saturated heterocycles. The van der Waals surface area contributed by atoms with Crippen molar-refractivity contribution in [1.29, 1.82) is 0 Å². The second-order valence-corrected chi connectivity index (χ2v) is 6.17. The molecule has 0 amide bonds. The lowest BCUT2D eigenvalue weighted by Crippen LogP contribution is -2.18. The highest BCUT2D eigenvalue weighted by atomic mass is 32.1. The van der Waals surface area contributed by atoms with Crippen molar-refractivity contribution in [3.63, 3.8) is 0 Å². The molecule has 0 spiro atoms. The Balaban J connectivity index is 2.63. The predicted molar refractivity (Wildman–Crippen MR) is 87.6 cm³/mol. The number of methoxy groups -OCH3 is 1. The third kappa shape index (κ3) is 5.77. The van der Waals surface area contributed by atoms with Crippen LogP contribution in [0.1, 0.15) is 50.1 Å². The molecule has 0 bridgehead atoms. The number of nitrogens with zero attached hydrogens (tertiary/aromatic N) is 2. The van der Waals surface area contributed by atoms with Crippen molar-refractivity contribution >= 4 is 16.5 Å². The van der Waals surface area contributed by atoms with Crippen LogP contribution in [0.5, 0.6) is 0 Å². The summed E-state index contributed by atoms with van der Waals surface area (Å²) < 4.78 is 5.26. The number of anilines is 1. The summed E-state index contributed by atoms with van der Waals surface area (Å²) in [5.41, 5.74) is 1.08. The van der Waals surface area contributed by atoms with E-state index in [-0.39, 0.29) is 0 Å².